The van der Waals surface area contributed by atoms with Crippen LogP contribution in [-0.2, 0) is 18.5 Å². The topological polar surface area (TPSA) is 84.8 Å². The molecule has 4 aromatic rings. The van der Waals surface area contributed by atoms with Gasteiger partial charge in [-0.3, -0.25) is 4.68 Å². The summed E-state index contributed by atoms with van der Waals surface area (Å²) in [4.78, 5) is 12.6. The third kappa shape index (κ3) is 4.59. The second kappa shape index (κ2) is 9.67. The Balaban J connectivity index is 1.40. The van der Waals surface area contributed by atoms with Gasteiger partial charge in [0.05, 0.1) is 28.7 Å². The van der Waals surface area contributed by atoms with Crippen molar-refractivity contribution < 1.29 is 4.74 Å². The predicted molar refractivity (Wildman–Crippen MR) is 154 cm³/mol. The maximum atomic E-state index is 9.52. The van der Waals surface area contributed by atoms with Crippen LogP contribution in [0, 0.1) is 17.2 Å². The highest BCUT2D eigenvalue weighted by Crippen LogP contribution is 2.42. The van der Waals surface area contributed by atoms with Gasteiger partial charge >= 0.3 is 0 Å². The molecule has 2 saturated heterocycles. The Labute approximate surface area is 229 Å². The zero-order chi connectivity index (χ0) is 26.6. The molecule has 2 aliphatic heterocycles. The van der Waals surface area contributed by atoms with Crippen LogP contribution in [0.1, 0.15) is 25.7 Å². The molecule has 0 N–H and O–H groups in total. The molecule has 0 aliphatic carbocycles. The fourth-order valence-electron chi connectivity index (χ4n) is 6.04. The molecule has 1 aromatic carbocycles. The van der Waals surface area contributed by atoms with Gasteiger partial charge in [-0.25, -0.2) is 9.97 Å². The van der Waals surface area contributed by atoms with Gasteiger partial charge in [0.25, 0.3) is 0 Å². The van der Waals surface area contributed by atoms with Crippen LogP contribution < -0.4 is 4.90 Å². The van der Waals surface area contributed by atoms with E-state index in [9.17, 15) is 5.26 Å². The lowest BCUT2D eigenvalue weighted by Gasteiger charge is -2.37. The summed E-state index contributed by atoms with van der Waals surface area (Å²) in [6.07, 6.45) is 9.94. The van der Waals surface area contributed by atoms with Crippen molar-refractivity contribution in [3.05, 3.63) is 35.7 Å². The first kappa shape index (κ1) is 25.4. The Morgan fingerprint density at radius 1 is 1.13 bits per heavy atom. The molecule has 0 saturated carbocycles. The summed E-state index contributed by atoms with van der Waals surface area (Å²) in [7, 11) is 0.708. The summed E-state index contributed by atoms with van der Waals surface area (Å²) >= 11 is 6.93. The van der Waals surface area contributed by atoms with Crippen molar-refractivity contribution in [3.8, 4) is 17.2 Å². The number of anilines is 1. The fraction of sp³-hybridized carbons (Fsp3) is 0.500. The molecule has 0 amide bonds. The van der Waals surface area contributed by atoms with Crippen molar-refractivity contribution in [3.63, 3.8) is 0 Å². The van der Waals surface area contributed by atoms with Crippen molar-refractivity contribution in [1.82, 2.24) is 24.3 Å². The lowest BCUT2D eigenvalue weighted by Crippen LogP contribution is -2.43. The normalized spacial score (nSPS) is 21.5. The highest BCUT2D eigenvalue weighted by atomic mass is 35.5. The van der Waals surface area contributed by atoms with Crippen LogP contribution in [0.25, 0.3) is 33.2 Å². The van der Waals surface area contributed by atoms with Crippen molar-refractivity contribution in [2.75, 3.05) is 11.5 Å². The number of nitriles is 1. The average molecular weight is 548 g/mol. The van der Waals surface area contributed by atoms with Crippen LogP contribution in [0.15, 0.2) is 30.7 Å². The second-order valence-electron chi connectivity index (χ2n) is 12.0. The maximum absolute atomic E-state index is 9.52. The van der Waals surface area contributed by atoms with Crippen molar-refractivity contribution >= 4 is 47.6 Å². The number of nitrogens with zero attached hydrogens (tertiary/aromatic N) is 7. The minimum Gasteiger partial charge on any atom is -0.361 e. The second-order valence-corrected chi connectivity index (χ2v) is 18.0. The fourth-order valence-corrected chi connectivity index (χ4v) is 7.11. The van der Waals surface area contributed by atoms with Gasteiger partial charge in [-0.15, -0.1) is 0 Å². The van der Waals surface area contributed by atoms with Gasteiger partial charge in [-0.1, -0.05) is 37.3 Å². The first-order valence-electron chi connectivity index (χ1n) is 13.5. The zero-order valence-electron chi connectivity index (χ0n) is 22.5. The quantitative estimate of drug-likeness (QED) is 0.202. The highest BCUT2D eigenvalue weighted by molar-refractivity contribution is 6.76. The summed E-state index contributed by atoms with van der Waals surface area (Å²) in [5.74, 6) is 1.03. The Kier molecular flexibility index (Phi) is 6.45. The number of halogens is 1. The Morgan fingerprint density at radius 2 is 1.89 bits per heavy atom. The molecule has 0 spiro atoms. The van der Waals surface area contributed by atoms with E-state index >= 15 is 0 Å². The third-order valence-electron chi connectivity index (χ3n) is 7.99. The minimum absolute atomic E-state index is 0.139. The van der Waals surface area contributed by atoms with Crippen molar-refractivity contribution in [2.24, 2.45) is 13.0 Å². The van der Waals surface area contributed by atoms with Gasteiger partial charge in [-0.2, -0.15) is 10.4 Å². The van der Waals surface area contributed by atoms with Crippen LogP contribution >= 0.6 is 11.6 Å². The summed E-state index contributed by atoms with van der Waals surface area (Å²) in [6, 6.07) is 8.33. The zero-order valence-corrected chi connectivity index (χ0v) is 24.2. The van der Waals surface area contributed by atoms with Crippen LogP contribution in [0.3, 0.4) is 0 Å². The molecule has 2 unspecified atom stereocenters. The number of ether oxygens (including phenoxy) is 1. The van der Waals surface area contributed by atoms with Gasteiger partial charge in [0, 0.05) is 62.7 Å². The van der Waals surface area contributed by atoms with Gasteiger partial charge in [0.2, 0.25) is 0 Å². The van der Waals surface area contributed by atoms with Crippen molar-refractivity contribution in [2.45, 2.75) is 70.2 Å². The number of rotatable bonds is 7. The van der Waals surface area contributed by atoms with E-state index in [2.05, 4.69) is 46.5 Å². The molecule has 5 heterocycles. The SMILES string of the molecule is Cn1cc2c(Cl)c(-c3cn(COCC[Si](C)(C)C)c4nc(N5C6CCC5CC(C#N)C6)cnc34)ccc2n1. The predicted octanol–water partition coefficient (Wildman–Crippen LogP) is 6.22. The van der Waals surface area contributed by atoms with Crippen LogP contribution in [0.4, 0.5) is 5.82 Å². The molecule has 3 aromatic heterocycles. The average Bonchev–Trinajstić information content (AvgIpc) is 3.52. The Hall–Kier alpha value is -2.93. The van der Waals surface area contributed by atoms with E-state index in [-0.39, 0.29) is 5.92 Å². The lowest BCUT2D eigenvalue weighted by molar-refractivity contribution is 0.0899. The first-order valence-corrected chi connectivity index (χ1v) is 17.5. The van der Waals surface area contributed by atoms with E-state index in [4.69, 9.17) is 26.3 Å². The van der Waals surface area contributed by atoms with E-state index in [0.717, 1.165) is 77.3 Å². The van der Waals surface area contributed by atoms with Gasteiger partial charge in [-0.05, 0) is 37.8 Å². The van der Waals surface area contributed by atoms with Crippen LogP contribution in [0.2, 0.25) is 30.7 Å². The molecular formula is C28H34ClN7OSi. The van der Waals surface area contributed by atoms with Crippen molar-refractivity contribution in [1.29, 1.82) is 5.26 Å². The summed E-state index contributed by atoms with van der Waals surface area (Å²) in [5.41, 5.74) is 4.33. The van der Waals surface area contributed by atoms with Gasteiger partial charge in [0.1, 0.15) is 18.1 Å². The number of benzene rings is 1. The third-order valence-corrected chi connectivity index (χ3v) is 10.1. The maximum Gasteiger partial charge on any atom is 0.163 e. The number of aryl methyl sites for hydroxylation is 1. The minimum atomic E-state index is -1.19. The van der Waals surface area contributed by atoms with Gasteiger partial charge in [0.15, 0.2) is 5.65 Å². The number of hydrogen-bond donors (Lipinski definition) is 0. The Morgan fingerprint density at radius 3 is 2.61 bits per heavy atom. The molecular weight excluding hydrogens is 514 g/mol. The first-order chi connectivity index (χ1) is 18.2. The highest BCUT2D eigenvalue weighted by Gasteiger charge is 2.41. The number of fused-ring (bicyclic) bond motifs is 4. The molecule has 2 bridgehead atoms. The summed E-state index contributed by atoms with van der Waals surface area (Å²) < 4.78 is 10.0. The van der Waals surface area contributed by atoms with E-state index < -0.39 is 8.07 Å². The number of hydrogen-bond acceptors (Lipinski definition) is 6. The Bertz CT molecular complexity index is 1530. The molecule has 2 fully saturated rings. The summed E-state index contributed by atoms with van der Waals surface area (Å²) in [6.45, 7) is 8.22. The van der Waals surface area contributed by atoms with Crippen LogP contribution in [-0.4, -0.2) is 51.1 Å². The van der Waals surface area contributed by atoms with E-state index in [1.54, 1.807) is 4.68 Å². The number of aromatic nitrogens is 5. The van der Waals surface area contributed by atoms with E-state index in [1.165, 1.54) is 0 Å². The van der Waals surface area contributed by atoms with E-state index in [0.29, 0.717) is 23.8 Å². The lowest BCUT2D eigenvalue weighted by atomic mass is 9.92. The van der Waals surface area contributed by atoms with E-state index in [1.807, 2.05) is 31.6 Å². The molecule has 8 nitrogen and oxygen atoms in total. The van der Waals surface area contributed by atoms with Crippen LogP contribution in [0.5, 0.6) is 0 Å². The number of piperidine rings is 1. The molecule has 2 aliphatic rings. The summed E-state index contributed by atoms with van der Waals surface area (Å²) in [5, 5.41) is 15.6. The molecule has 0 radical (unpaired) electrons. The molecule has 198 valence electrons. The molecule has 6 rings (SSSR count). The molecule has 10 heteroatoms. The van der Waals surface area contributed by atoms with Gasteiger partial charge < -0.3 is 14.2 Å². The molecule has 2 atom stereocenters. The smallest absolute Gasteiger partial charge is 0.163 e. The monoisotopic (exact) mass is 547 g/mol. The molecule has 38 heavy (non-hydrogen) atoms. The standard InChI is InChI=1S/C28H34ClN7OSi/c1-34-15-23-24(33-34)8-7-21(26(23)29)22-16-35(17-37-9-10-38(2,3)4)28-27(22)31-14-25(32-28)36-19-5-6-20(36)12-18(11-19)13-30/h7-8,14-16,18-20H,5-6,9-12,17H2,1-4H3. The largest absolute Gasteiger partial charge is 0.361 e.